The number of hydrogen-bond donors (Lipinski definition) is 2. The fourth-order valence-electron chi connectivity index (χ4n) is 4.05. The van der Waals surface area contributed by atoms with E-state index in [2.05, 4.69) is 24.3 Å². The molecule has 1 aliphatic heterocycles. The molecule has 2 N–H and O–H groups in total. The Hall–Kier alpha value is 0.0969. The van der Waals surface area contributed by atoms with Crippen LogP contribution in [0.1, 0.15) is 39.0 Å². The minimum Gasteiger partial charge on any atom is -0.405 e. The van der Waals surface area contributed by atoms with Crippen LogP contribution in [-0.2, 0) is 4.43 Å². The topological polar surface area (TPSA) is 33.3 Å². The van der Waals surface area contributed by atoms with Crippen molar-refractivity contribution in [3.05, 3.63) is 0 Å². The Kier molecular flexibility index (Phi) is 4.63. The molecule has 4 unspecified atom stereocenters. The Morgan fingerprint density at radius 1 is 1.29 bits per heavy atom. The van der Waals surface area contributed by atoms with E-state index in [0.717, 1.165) is 17.9 Å². The van der Waals surface area contributed by atoms with Gasteiger partial charge in [0.15, 0.2) is 0 Å². The molecule has 1 heterocycles. The summed E-state index contributed by atoms with van der Waals surface area (Å²) in [5.74, 6) is 1.81. The predicted octanol–water partition coefficient (Wildman–Crippen LogP) is 2.02. The highest BCUT2D eigenvalue weighted by molar-refractivity contribution is 6.72. The summed E-state index contributed by atoms with van der Waals surface area (Å²) in [6, 6.07) is 1.15. The SMILES string of the molecule is CC[Si](NC)(OC)C1NCCC2CCCCC21. The zero-order valence-corrected chi connectivity index (χ0v) is 12.6. The summed E-state index contributed by atoms with van der Waals surface area (Å²) in [7, 11) is 2.21. The quantitative estimate of drug-likeness (QED) is 0.755. The first-order chi connectivity index (χ1) is 8.27. The van der Waals surface area contributed by atoms with Gasteiger partial charge in [-0.2, -0.15) is 0 Å². The van der Waals surface area contributed by atoms with E-state index in [9.17, 15) is 0 Å². The second-order valence-corrected chi connectivity index (χ2v) is 9.64. The van der Waals surface area contributed by atoms with Crippen LogP contribution in [0.3, 0.4) is 0 Å². The summed E-state index contributed by atoms with van der Waals surface area (Å²) in [5, 5.41) is 3.79. The first kappa shape index (κ1) is 13.5. The highest BCUT2D eigenvalue weighted by Crippen LogP contribution is 2.39. The smallest absolute Gasteiger partial charge is 0.285 e. The zero-order valence-electron chi connectivity index (χ0n) is 11.6. The molecular weight excluding hydrogens is 228 g/mol. The third-order valence-corrected chi connectivity index (χ3v) is 9.35. The summed E-state index contributed by atoms with van der Waals surface area (Å²) in [6.45, 7) is 3.46. The Balaban J connectivity index is 2.16. The highest BCUT2D eigenvalue weighted by atomic mass is 28.4. The molecule has 4 atom stereocenters. The maximum Gasteiger partial charge on any atom is 0.285 e. The van der Waals surface area contributed by atoms with Crippen LogP contribution in [0.4, 0.5) is 0 Å². The van der Waals surface area contributed by atoms with Gasteiger partial charge >= 0.3 is 0 Å². The summed E-state index contributed by atoms with van der Waals surface area (Å²) < 4.78 is 5.99. The van der Waals surface area contributed by atoms with Crippen molar-refractivity contribution in [3.63, 3.8) is 0 Å². The first-order valence-corrected chi connectivity index (χ1v) is 9.44. The lowest BCUT2D eigenvalue weighted by Crippen LogP contribution is -2.70. The number of nitrogens with one attached hydrogen (secondary N) is 2. The minimum absolute atomic E-state index is 0.613. The second kappa shape index (κ2) is 5.82. The molecule has 1 saturated carbocycles. The van der Waals surface area contributed by atoms with Gasteiger partial charge in [0.1, 0.15) is 0 Å². The van der Waals surface area contributed by atoms with Crippen LogP contribution < -0.4 is 10.3 Å². The van der Waals surface area contributed by atoms with Gasteiger partial charge in [-0.25, -0.2) is 0 Å². The molecule has 1 saturated heterocycles. The summed E-state index contributed by atoms with van der Waals surface area (Å²) in [5.41, 5.74) is 0.613. The van der Waals surface area contributed by atoms with Crippen molar-refractivity contribution in [2.45, 2.75) is 50.7 Å². The molecule has 0 radical (unpaired) electrons. The third-order valence-electron chi connectivity index (χ3n) is 5.09. The van der Waals surface area contributed by atoms with Crippen molar-refractivity contribution in [2.75, 3.05) is 20.7 Å². The number of rotatable bonds is 4. The Labute approximate surface area is 107 Å². The van der Waals surface area contributed by atoms with E-state index < -0.39 is 8.48 Å². The third kappa shape index (κ3) is 2.45. The molecule has 17 heavy (non-hydrogen) atoms. The molecule has 0 aromatic carbocycles. The van der Waals surface area contributed by atoms with Crippen LogP contribution in [0.5, 0.6) is 0 Å². The van der Waals surface area contributed by atoms with Crippen LogP contribution in [0.2, 0.25) is 6.04 Å². The molecule has 0 aromatic rings. The number of piperidine rings is 1. The molecule has 0 bridgehead atoms. The highest BCUT2D eigenvalue weighted by Gasteiger charge is 2.48. The average molecular weight is 256 g/mol. The van der Waals surface area contributed by atoms with Gasteiger partial charge in [-0.3, -0.25) is 0 Å². The molecule has 2 fully saturated rings. The number of hydrogen-bond acceptors (Lipinski definition) is 3. The fourth-order valence-corrected chi connectivity index (χ4v) is 7.50. The molecule has 0 spiro atoms. The van der Waals surface area contributed by atoms with Crippen molar-refractivity contribution in [2.24, 2.45) is 11.8 Å². The van der Waals surface area contributed by atoms with E-state index in [-0.39, 0.29) is 0 Å². The maximum absolute atomic E-state index is 5.99. The van der Waals surface area contributed by atoms with Crippen molar-refractivity contribution >= 4 is 8.48 Å². The van der Waals surface area contributed by atoms with Gasteiger partial charge in [0.2, 0.25) is 0 Å². The molecule has 2 rings (SSSR count). The first-order valence-electron chi connectivity index (χ1n) is 7.25. The monoisotopic (exact) mass is 256 g/mol. The molecule has 1 aliphatic carbocycles. The van der Waals surface area contributed by atoms with E-state index in [4.69, 9.17) is 4.43 Å². The molecule has 100 valence electrons. The summed E-state index contributed by atoms with van der Waals surface area (Å²) in [6.07, 6.45) is 7.09. The standard InChI is InChI=1S/C13H28N2OSi/c1-4-17(14-2,16-3)13-12-8-6-5-7-11(12)9-10-15-13/h11-15H,4-10H2,1-3H3. The van der Waals surface area contributed by atoms with E-state index in [0.29, 0.717) is 5.67 Å². The molecule has 2 aliphatic rings. The van der Waals surface area contributed by atoms with Gasteiger partial charge in [0, 0.05) is 12.8 Å². The van der Waals surface area contributed by atoms with Gasteiger partial charge in [-0.1, -0.05) is 26.2 Å². The average Bonchev–Trinajstić information content (AvgIpc) is 2.41. The summed E-state index contributed by atoms with van der Waals surface area (Å²) in [4.78, 5) is 3.57. The van der Waals surface area contributed by atoms with E-state index in [1.165, 1.54) is 38.6 Å². The Morgan fingerprint density at radius 2 is 2.06 bits per heavy atom. The molecule has 0 amide bonds. The van der Waals surface area contributed by atoms with E-state index >= 15 is 0 Å². The normalized spacial score (nSPS) is 37.2. The molecule has 0 aromatic heterocycles. The van der Waals surface area contributed by atoms with E-state index in [1.54, 1.807) is 0 Å². The summed E-state index contributed by atoms with van der Waals surface area (Å²) >= 11 is 0. The van der Waals surface area contributed by atoms with Crippen molar-refractivity contribution in [1.82, 2.24) is 10.3 Å². The van der Waals surface area contributed by atoms with Gasteiger partial charge in [0.25, 0.3) is 8.48 Å². The fraction of sp³-hybridized carbons (Fsp3) is 1.00. The number of fused-ring (bicyclic) bond motifs is 1. The van der Waals surface area contributed by atoms with E-state index in [1.807, 2.05) is 7.11 Å². The van der Waals surface area contributed by atoms with Crippen molar-refractivity contribution < 1.29 is 4.43 Å². The zero-order chi connectivity index (χ0) is 12.3. The Bertz CT molecular complexity index is 235. The van der Waals surface area contributed by atoms with Gasteiger partial charge in [-0.05, 0) is 44.3 Å². The van der Waals surface area contributed by atoms with Crippen LogP contribution in [-0.4, -0.2) is 34.8 Å². The van der Waals surface area contributed by atoms with Crippen LogP contribution in [0.25, 0.3) is 0 Å². The van der Waals surface area contributed by atoms with Gasteiger partial charge < -0.3 is 14.7 Å². The van der Waals surface area contributed by atoms with Crippen LogP contribution in [0, 0.1) is 11.8 Å². The largest absolute Gasteiger partial charge is 0.405 e. The van der Waals surface area contributed by atoms with Gasteiger partial charge in [-0.15, -0.1) is 0 Å². The van der Waals surface area contributed by atoms with Crippen molar-refractivity contribution in [1.29, 1.82) is 0 Å². The lowest BCUT2D eigenvalue weighted by Gasteiger charge is -2.48. The van der Waals surface area contributed by atoms with Crippen LogP contribution in [0.15, 0.2) is 0 Å². The molecule has 3 nitrogen and oxygen atoms in total. The molecule has 4 heteroatoms. The maximum atomic E-state index is 5.99. The predicted molar refractivity (Wildman–Crippen MR) is 74.2 cm³/mol. The second-order valence-electron chi connectivity index (χ2n) is 5.63. The van der Waals surface area contributed by atoms with Crippen molar-refractivity contribution in [3.8, 4) is 0 Å². The Morgan fingerprint density at radius 3 is 2.71 bits per heavy atom. The van der Waals surface area contributed by atoms with Crippen LogP contribution >= 0.6 is 0 Å². The lowest BCUT2D eigenvalue weighted by atomic mass is 9.75. The molecular formula is C13H28N2OSi. The minimum atomic E-state index is -1.79. The lowest BCUT2D eigenvalue weighted by molar-refractivity contribution is 0.149. The van der Waals surface area contributed by atoms with Gasteiger partial charge in [0.05, 0.1) is 0 Å².